The number of carbonyl (C=O) groups is 4. The maximum absolute atomic E-state index is 13.7. The van der Waals surface area contributed by atoms with Crippen LogP contribution >= 0.6 is 0 Å². The second-order valence-corrected chi connectivity index (χ2v) is 9.69. The molecule has 2 aliphatic heterocycles. The van der Waals surface area contributed by atoms with Crippen molar-refractivity contribution >= 4 is 30.2 Å². The summed E-state index contributed by atoms with van der Waals surface area (Å²) < 4.78 is 11.7. The molecule has 202 valence electrons. The molecule has 4 amide bonds. The van der Waals surface area contributed by atoms with Gasteiger partial charge < -0.3 is 30.3 Å². The number of benzene rings is 1. The molecule has 0 aromatic heterocycles. The minimum absolute atomic E-state index is 0.135. The van der Waals surface area contributed by atoms with Crippen LogP contribution < -0.4 is 25.4 Å². The summed E-state index contributed by atoms with van der Waals surface area (Å²) in [5.74, 6) is -0.373. The fourth-order valence-corrected chi connectivity index (χ4v) is 4.75. The van der Waals surface area contributed by atoms with Gasteiger partial charge in [-0.3, -0.25) is 19.2 Å². The number of amides is 4. The third-order valence-corrected chi connectivity index (χ3v) is 7.39. The molecule has 37 heavy (non-hydrogen) atoms. The maximum Gasteiger partial charge on any atom is 0.247 e. The average molecular weight is 515 g/mol. The van der Waals surface area contributed by atoms with Crippen LogP contribution in [0.1, 0.15) is 52.5 Å². The number of carbonyl (C=O) groups excluding carboxylic acids is 4. The average Bonchev–Trinajstić information content (AvgIpc) is 3.32. The first kappa shape index (κ1) is 28.0. The van der Waals surface area contributed by atoms with E-state index in [-0.39, 0.29) is 30.2 Å². The first-order valence-electron chi connectivity index (χ1n) is 12.9. The van der Waals surface area contributed by atoms with E-state index in [4.69, 9.17) is 9.47 Å². The van der Waals surface area contributed by atoms with E-state index in [1.165, 1.54) is 11.1 Å². The van der Waals surface area contributed by atoms with Crippen LogP contribution in [0.4, 0.5) is 0 Å². The molecule has 10 heteroatoms. The highest BCUT2D eigenvalue weighted by atomic mass is 16.5. The Bertz CT molecular complexity index is 1030. The number of rotatable bonds is 8. The van der Waals surface area contributed by atoms with E-state index in [0.29, 0.717) is 42.7 Å². The van der Waals surface area contributed by atoms with Crippen molar-refractivity contribution in [1.82, 2.24) is 20.9 Å². The molecule has 2 aliphatic rings. The van der Waals surface area contributed by atoms with Crippen molar-refractivity contribution in [3.05, 3.63) is 30.0 Å². The van der Waals surface area contributed by atoms with Gasteiger partial charge in [0.1, 0.15) is 35.7 Å². The smallest absolute Gasteiger partial charge is 0.247 e. The molecule has 1 aromatic carbocycles. The summed E-state index contributed by atoms with van der Waals surface area (Å²) in [6.07, 6.45) is 4.82. The number of methoxy groups -OCH3 is 1. The molecule has 0 unspecified atom stereocenters. The van der Waals surface area contributed by atoms with Gasteiger partial charge in [0.15, 0.2) is 0 Å². The zero-order valence-electron chi connectivity index (χ0n) is 22.2. The van der Waals surface area contributed by atoms with Gasteiger partial charge in [-0.25, -0.2) is 0 Å². The Morgan fingerprint density at radius 1 is 1.24 bits per heavy atom. The van der Waals surface area contributed by atoms with E-state index >= 15 is 0 Å². The number of fused-ring (bicyclic) bond motifs is 3. The van der Waals surface area contributed by atoms with Gasteiger partial charge >= 0.3 is 0 Å². The van der Waals surface area contributed by atoms with Crippen LogP contribution in [-0.4, -0.2) is 66.9 Å². The Balaban J connectivity index is 2.04. The lowest BCUT2D eigenvalue weighted by molar-refractivity contribution is -0.144. The molecule has 2 bridgehead atoms. The lowest BCUT2D eigenvalue weighted by Gasteiger charge is -2.33. The summed E-state index contributed by atoms with van der Waals surface area (Å²) in [5, 5.41) is 8.27. The number of likely N-dealkylation sites (tertiary alicyclic amines) is 1. The van der Waals surface area contributed by atoms with Gasteiger partial charge in [0, 0.05) is 24.7 Å². The summed E-state index contributed by atoms with van der Waals surface area (Å²) >= 11 is 0. The van der Waals surface area contributed by atoms with Crippen LogP contribution in [0.2, 0.25) is 0 Å². The number of nitrogens with one attached hydrogen (secondary N) is 3. The molecule has 3 rings (SSSR count). The predicted molar refractivity (Wildman–Crippen MR) is 139 cm³/mol. The second kappa shape index (κ2) is 12.6. The van der Waals surface area contributed by atoms with Crippen molar-refractivity contribution in [2.75, 3.05) is 13.7 Å². The lowest BCUT2D eigenvalue weighted by Crippen LogP contribution is -2.60. The number of hydrogen-bond acceptors (Lipinski definition) is 6. The largest absolute Gasteiger partial charge is 0.496 e. The number of ether oxygens (including phenoxy) is 2. The van der Waals surface area contributed by atoms with Crippen molar-refractivity contribution < 1.29 is 28.7 Å². The summed E-state index contributed by atoms with van der Waals surface area (Å²) in [4.78, 5) is 53.2. The van der Waals surface area contributed by atoms with Crippen LogP contribution in [0.25, 0.3) is 6.08 Å². The van der Waals surface area contributed by atoms with Gasteiger partial charge in [-0.2, -0.15) is 0 Å². The van der Waals surface area contributed by atoms with Crippen LogP contribution in [0.3, 0.4) is 0 Å². The van der Waals surface area contributed by atoms with E-state index < -0.39 is 30.1 Å². The van der Waals surface area contributed by atoms with E-state index in [9.17, 15) is 19.2 Å². The highest BCUT2D eigenvalue weighted by Gasteiger charge is 2.46. The fraction of sp³-hybridized carbons (Fsp3) is 0.556. The highest BCUT2D eigenvalue weighted by molar-refractivity contribution is 5.95. The van der Waals surface area contributed by atoms with Crippen molar-refractivity contribution in [3.8, 4) is 11.5 Å². The molecule has 1 aromatic rings. The Labute approximate surface area is 218 Å². The lowest BCUT2D eigenvalue weighted by atomic mass is 9.96. The van der Waals surface area contributed by atoms with Crippen molar-refractivity contribution in [2.24, 2.45) is 11.8 Å². The highest BCUT2D eigenvalue weighted by Crippen LogP contribution is 2.30. The van der Waals surface area contributed by atoms with Crippen LogP contribution in [0.5, 0.6) is 11.5 Å². The Kier molecular flexibility index (Phi) is 9.54. The minimum Gasteiger partial charge on any atom is -0.496 e. The summed E-state index contributed by atoms with van der Waals surface area (Å²) in [6.45, 7) is 7.91. The quantitative estimate of drug-likeness (QED) is 0.455. The van der Waals surface area contributed by atoms with Gasteiger partial charge in [-0.15, -0.1) is 0 Å². The molecule has 3 N–H and O–H groups in total. The summed E-state index contributed by atoms with van der Waals surface area (Å²) in [5.41, 5.74) is 0.688. The number of nitrogens with zero attached hydrogens (tertiary/aromatic N) is 1. The van der Waals surface area contributed by atoms with Crippen LogP contribution in [0.15, 0.2) is 24.4 Å². The van der Waals surface area contributed by atoms with Crippen LogP contribution in [0, 0.1) is 11.8 Å². The SMILES string of the molecule is CC[C@@H](C)[C@@H]1NC(=O)[C@H]2[C@@H](CCN2C(=O)[C@H](NC=O)[C@@H](C)CC)Oc2ccc(OC)c(c2)C=CNC1=O. The Morgan fingerprint density at radius 3 is 2.65 bits per heavy atom. The molecule has 1 fully saturated rings. The van der Waals surface area contributed by atoms with Gasteiger partial charge in [0.25, 0.3) is 0 Å². The van der Waals surface area contributed by atoms with Crippen molar-refractivity contribution in [1.29, 1.82) is 0 Å². The predicted octanol–water partition coefficient (Wildman–Crippen LogP) is 1.84. The maximum atomic E-state index is 13.7. The first-order chi connectivity index (χ1) is 17.7. The molecule has 1 saturated heterocycles. The summed E-state index contributed by atoms with van der Waals surface area (Å²) in [6, 6.07) is 2.69. The second-order valence-electron chi connectivity index (χ2n) is 9.69. The van der Waals surface area contributed by atoms with E-state index in [0.717, 1.165) is 0 Å². The van der Waals surface area contributed by atoms with Crippen LogP contribution in [-0.2, 0) is 19.2 Å². The molecule has 6 atom stereocenters. The minimum atomic E-state index is -0.980. The van der Waals surface area contributed by atoms with Gasteiger partial charge in [0.2, 0.25) is 24.1 Å². The molecular formula is C27H38N4O6. The van der Waals surface area contributed by atoms with Gasteiger partial charge in [0.05, 0.1) is 7.11 Å². The van der Waals surface area contributed by atoms with E-state index in [1.54, 1.807) is 31.4 Å². The zero-order chi connectivity index (χ0) is 27.1. The number of hydrogen-bond donors (Lipinski definition) is 3. The van der Waals surface area contributed by atoms with Gasteiger partial charge in [-0.05, 0) is 36.1 Å². The molecule has 0 saturated carbocycles. The van der Waals surface area contributed by atoms with E-state index in [1.807, 2.05) is 27.7 Å². The normalized spacial score (nSPS) is 24.0. The molecule has 2 heterocycles. The standard InChI is InChI=1S/C27H38N4O6/c1-6-16(3)22-25(33)28-12-10-18-14-19(8-9-20(18)36-5)37-21-11-13-31(24(21)26(34)30-22)27(35)23(29-15-32)17(4)7-2/h8-10,12,14-17,21-24H,6-7,11,13H2,1-5H3,(H,28,33)(H,29,32)(H,30,34)/t16-,17+,21-,22+,23-,24-/m1/s1. The topological polar surface area (TPSA) is 126 Å². The third-order valence-electron chi connectivity index (χ3n) is 7.39. The molecular weight excluding hydrogens is 476 g/mol. The Morgan fingerprint density at radius 2 is 2.00 bits per heavy atom. The molecule has 0 aliphatic carbocycles. The fourth-order valence-electron chi connectivity index (χ4n) is 4.75. The molecule has 0 radical (unpaired) electrons. The molecule has 0 spiro atoms. The van der Waals surface area contributed by atoms with E-state index in [2.05, 4.69) is 16.0 Å². The van der Waals surface area contributed by atoms with Crippen molar-refractivity contribution in [2.45, 2.75) is 71.2 Å². The van der Waals surface area contributed by atoms with Crippen molar-refractivity contribution in [3.63, 3.8) is 0 Å². The monoisotopic (exact) mass is 514 g/mol. The zero-order valence-corrected chi connectivity index (χ0v) is 22.2. The Hall–Kier alpha value is -3.56. The first-order valence-corrected chi connectivity index (χ1v) is 12.9. The van der Waals surface area contributed by atoms with Gasteiger partial charge in [-0.1, -0.05) is 40.5 Å². The summed E-state index contributed by atoms with van der Waals surface area (Å²) in [7, 11) is 1.55. The third kappa shape index (κ3) is 6.23. The molecule has 10 nitrogen and oxygen atoms in total.